The summed E-state index contributed by atoms with van der Waals surface area (Å²) in [7, 11) is 0. The lowest BCUT2D eigenvalue weighted by molar-refractivity contribution is 0.500. The van der Waals surface area contributed by atoms with Gasteiger partial charge >= 0.3 is 0 Å². The molecule has 0 heterocycles. The van der Waals surface area contributed by atoms with Crippen molar-refractivity contribution in [3.05, 3.63) is 53.6 Å². The second-order valence-corrected chi connectivity index (χ2v) is 4.68. The summed E-state index contributed by atoms with van der Waals surface area (Å²) in [6.45, 7) is 10.8. The third-order valence-electron chi connectivity index (χ3n) is 3.95. The van der Waals surface area contributed by atoms with Crippen LogP contribution in [0.3, 0.4) is 0 Å². The third kappa shape index (κ3) is 1.53. The van der Waals surface area contributed by atoms with Gasteiger partial charge < -0.3 is 0 Å². The molecule has 1 aromatic rings. The molecule has 0 N–H and O–H groups in total. The molecular weight excluding hydrogens is 192 g/mol. The van der Waals surface area contributed by atoms with Gasteiger partial charge in [-0.25, -0.2) is 0 Å². The van der Waals surface area contributed by atoms with Crippen molar-refractivity contribution in [3.8, 4) is 0 Å². The van der Waals surface area contributed by atoms with E-state index in [1.54, 1.807) is 0 Å². The predicted molar refractivity (Wildman–Crippen MR) is 71.4 cm³/mol. The molecule has 1 aliphatic carbocycles. The zero-order valence-electron chi connectivity index (χ0n) is 10.5. The number of hydrogen-bond donors (Lipinski definition) is 0. The van der Waals surface area contributed by atoms with E-state index in [1.807, 2.05) is 0 Å². The van der Waals surface area contributed by atoms with E-state index in [4.69, 9.17) is 0 Å². The van der Waals surface area contributed by atoms with Crippen molar-refractivity contribution in [2.45, 2.75) is 33.1 Å². The molecule has 0 radical (unpaired) electrons. The van der Waals surface area contributed by atoms with Crippen LogP contribution < -0.4 is 0 Å². The molecule has 0 saturated carbocycles. The fourth-order valence-corrected chi connectivity index (χ4v) is 3.03. The summed E-state index contributed by atoms with van der Waals surface area (Å²) in [6.07, 6.45) is 3.24. The first-order valence-electron chi connectivity index (χ1n) is 6.13. The minimum atomic E-state index is 0.609. The van der Waals surface area contributed by atoms with E-state index >= 15 is 0 Å². The molecule has 84 valence electrons. The topological polar surface area (TPSA) is 0 Å². The molecule has 16 heavy (non-hydrogen) atoms. The van der Waals surface area contributed by atoms with Crippen LogP contribution in [0.2, 0.25) is 0 Å². The molecule has 0 heteroatoms. The monoisotopic (exact) mass is 212 g/mol. The third-order valence-corrected chi connectivity index (χ3v) is 3.95. The van der Waals surface area contributed by atoms with Gasteiger partial charge in [-0.3, -0.25) is 0 Å². The molecule has 0 amide bonds. The van der Waals surface area contributed by atoms with Gasteiger partial charge in [-0.15, -0.1) is 0 Å². The Balaban J connectivity index is 2.65. The number of allylic oxidation sites excluding steroid dienone is 3. The Morgan fingerprint density at radius 3 is 2.62 bits per heavy atom. The van der Waals surface area contributed by atoms with Crippen molar-refractivity contribution in [1.29, 1.82) is 0 Å². The zero-order valence-corrected chi connectivity index (χ0v) is 10.5. The molecule has 2 atom stereocenters. The first-order chi connectivity index (χ1) is 7.70. The van der Waals surface area contributed by atoms with E-state index in [9.17, 15) is 0 Å². The lowest BCUT2D eigenvalue weighted by Gasteiger charge is -2.33. The van der Waals surface area contributed by atoms with E-state index in [0.717, 1.165) is 0 Å². The van der Waals surface area contributed by atoms with Gasteiger partial charge in [0.25, 0.3) is 0 Å². The number of fused-ring (bicyclic) bond motifs is 1. The molecule has 0 saturated heterocycles. The highest BCUT2D eigenvalue weighted by molar-refractivity contribution is 5.74. The highest BCUT2D eigenvalue weighted by Crippen LogP contribution is 2.43. The summed E-state index contributed by atoms with van der Waals surface area (Å²) in [5, 5.41) is 0. The Hall–Kier alpha value is -1.30. The van der Waals surface area contributed by atoms with E-state index < -0.39 is 0 Å². The Bertz CT molecular complexity index is 437. The molecule has 2 unspecified atom stereocenters. The first-order valence-corrected chi connectivity index (χ1v) is 6.13. The first kappa shape index (κ1) is 11.2. The highest BCUT2D eigenvalue weighted by Gasteiger charge is 2.28. The molecule has 0 spiro atoms. The normalized spacial score (nSPS) is 24.2. The van der Waals surface area contributed by atoms with E-state index in [1.165, 1.54) is 28.7 Å². The van der Waals surface area contributed by atoms with Gasteiger partial charge in [-0.1, -0.05) is 50.8 Å². The molecule has 0 bridgehead atoms. The van der Waals surface area contributed by atoms with Crippen molar-refractivity contribution in [2.24, 2.45) is 5.92 Å². The van der Waals surface area contributed by atoms with Gasteiger partial charge in [0.15, 0.2) is 0 Å². The van der Waals surface area contributed by atoms with E-state index in [2.05, 4.69) is 57.7 Å². The summed E-state index contributed by atoms with van der Waals surface area (Å²) >= 11 is 0. The summed E-state index contributed by atoms with van der Waals surface area (Å²) < 4.78 is 0. The Morgan fingerprint density at radius 2 is 2.00 bits per heavy atom. The molecule has 0 nitrogen and oxygen atoms in total. The van der Waals surface area contributed by atoms with Crippen molar-refractivity contribution in [3.63, 3.8) is 0 Å². The Kier molecular flexibility index (Phi) is 3.00. The van der Waals surface area contributed by atoms with Crippen molar-refractivity contribution >= 4 is 5.57 Å². The van der Waals surface area contributed by atoms with Gasteiger partial charge in [-0.05, 0) is 47.5 Å². The number of rotatable bonds is 2. The summed E-state index contributed by atoms with van der Waals surface area (Å²) in [5.74, 6) is 1.24. The van der Waals surface area contributed by atoms with Gasteiger partial charge in [-0.2, -0.15) is 0 Å². The maximum Gasteiger partial charge on any atom is -0.00955 e. The fourth-order valence-electron chi connectivity index (χ4n) is 3.03. The zero-order chi connectivity index (χ0) is 11.7. The van der Waals surface area contributed by atoms with Crippen LogP contribution in [0.25, 0.3) is 5.57 Å². The molecule has 0 aliphatic heterocycles. The molecule has 0 aromatic heterocycles. The van der Waals surface area contributed by atoms with E-state index in [-0.39, 0.29) is 0 Å². The van der Waals surface area contributed by atoms with Crippen LogP contribution in [-0.2, 0) is 0 Å². The molecule has 0 fully saturated rings. The van der Waals surface area contributed by atoms with E-state index in [0.29, 0.717) is 11.8 Å². The summed E-state index contributed by atoms with van der Waals surface area (Å²) in [4.78, 5) is 0. The summed E-state index contributed by atoms with van der Waals surface area (Å²) in [6, 6.07) is 8.78. The number of hydrogen-bond acceptors (Lipinski definition) is 0. The predicted octanol–water partition coefficient (Wildman–Crippen LogP) is 4.79. The average Bonchev–Trinajstić information content (AvgIpc) is 2.33. The standard InChI is InChI=1S/C16H20/c1-5-13-11(3)15-9-7-8-10-16(15)12(4)14(13)6-2/h5,7-10,12,14H,1,6H2,2-4H3. The second kappa shape index (κ2) is 4.29. The van der Waals surface area contributed by atoms with Crippen LogP contribution in [0.1, 0.15) is 44.2 Å². The van der Waals surface area contributed by atoms with Crippen LogP contribution in [0.5, 0.6) is 0 Å². The minimum Gasteiger partial charge on any atom is -0.0988 e. The van der Waals surface area contributed by atoms with Crippen LogP contribution in [0.15, 0.2) is 42.5 Å². The lowest BCUT2D eigenvalue weighted by Crippen LogP contribution is -2.18. The smallest absolute Gasteiger partial charge is 0.00955 e. The van der Waals surface area contributed by atoms with Crippen molar-refractivity contribution < 1.29 is 0 Å². The Labute approximate surface area is 98.7 Å². The highest BCUT2D eigenvalue weighted by atomic mass is 14.3. The molecular formula is C16H20. The van der Waals surface area contributed by atoms with Crippen LogP contribution in [-0.4, -0.2) is 0 Å². The maximum atomic E-state index is 3.98. The summed E-state index contributed by atoms with van der Waals surface area (Å²) in [5.41, 5.74) is 5.76. The molecule has 1 aliphatic rings. The quantitative estimate of drug-likeness (QED) is 0.661. The van der Waals surface area contributed by atoms with Crippen LogP contribution in [0, 0.1) is 5.92 Å². The fraction of sp³-hybridized carbons (Fsp3) is 0.375. The lowest BCUT2D eigenvalue weighted by atomic mass is 9.71. The molecule has 2 rings (SSSR count). The maximum absolute atomic E-state index is 3.98. The average molecular weight is 212 g/mol. The van der Waals surface area contributed by atoms with Crippen LogP contribution in [0.4, 0.5) is 0 Å². The minimum absolute atomic E-state index is 0.609. The SMILES string of the molecule is C=CC1=C(C)c2ccccc2C(C)C1CC. The van der Waals surface area contributed by atoms with Crippen molar-refractivity contribution in [1.82, 2.24) is 0 Å². The largest absolute Gasteiger partial charge is 0.0988 e. The van der Waals surface area contributed by atoms with Crippen LogP contribution >= 0.6 is 0 Å². The molecule has 1 aromatic carbocycles. The second-order valence-electron chi connectivity index (χ2n) is 4.68. The van der Waals surface area contributed by atoms with Crippen molar-refractivity contribution in [2.75, 3.05) is 0 Å². The van der Waals surface area contributed by atoms with Gasteiger partial charge in [0.05, 0.1) is 0 Å². The number of benzene rings is 1. The van der Waals surface area contributed by atoms with Gasteiger partial charge in [0.2, 0.25) is 0 Å². The van der Waals surface area contributed by atoms with Gasteiger partial charge in [0, 0.05) is 0 Å². The van der Waals surface area contributed by atoms with Gasteiger partial charge in [0.1, 0.15) is 0 Å². The Morgan fingerprint density at radius 1 is 1.31 bits per heavy atom.